The highest BCUT2D eigenvalue weighted by molar-refractivity contribution is 6.02. The molecule has 3 aliphatic heterocycles. The summed E-state index contributed by atoms with van der Waals surface area (Å²) in [5.41, 5.74) is 0.352. The van der Waals surface area contributed by atoms with E-state index in [1.807, 2.05) is 0 Å². The van der Waals surface area contributed by atoms with Gasteiger partial charge in [-0.15, -0.1) is 0 Å². The fourth-order valence-electron chi connectivity index (χ4n) is 5.29. The molecule has 8 N–H and O–H groups in total. The van der Waals surface area contributed by atoms with Crippen LogP contribution < -0.4 is 14.2 Å². The maximum Gasteiger partial charge on any atom is 0.229 e. The molecule has 3 aliphatic rings. The monoisotopic (exact) mass is 610 g/mol. The number of methoxy groups -OCH3 is 1. The predicted octanol–water partition coefficient (Wildman–Crippen LogP) is -1.16. The minimum atomic E-state index is -1.76. The highest BCUT2D eigenvalue weighted by Crippen LogP contribution is 2.43. The zero-order chi connectivity index (χ0) is 31.2. The molecule has 0 bridgehead atoms. The van der Waals surface area contributed by atoms with Gasteiger partial charge in [-0.2, -0.15) is 0 Å². The maximum absolute atomic E-state index is 13.0. The Balaban J connectivity index is 1.41. The zero-order valence-corrected chi connectivity index (χ0v) is 23.1. The van der Waals surface area contributed by atoms with E-state index in [1.165, 1.54) is 32.2 Å². The van der Waals surface area contributed by atoms with Gasteiger partial charge < -0.3 is 69.3 Å². The number of carbonyl (C=O) groups excluding carboxylic acids is 1. The van der Waals surface area contributed by atoms with Crippen molar-refractivity contribution in [3.05, 3.63) is 41.5 Å². The van der Waals surface area contributed by atoms with Crippen molar-refractivity contribution < 1.29 is 74.1 Å². The quantitative estimate of drug-likeness (QED) is 0.185. The van der Waals surface area contributed by atoms with Crippen LogP contribution in [0, 0.1) is 0 Å². The van der Waals surface area contributed by atoms with Gasteiger partial charge in [0.25, 0.3) is 0 Å². The Morgan fingerprint density at radius 1 is 0.884 bits per heavy atom. The Bertz CT molecular complexity index is 1320. The minimum absolute atomic E-state index is 0.0592. The van der Waals surface area contributed by atoms with Crippen molar-refractivity contribution in [2.45, 2.75) is 80.9 Å². The Hall–Kier alpha value is -3.25. The van der Waals surface area contributed by atoms with Crippen molar-refractivity contribution in [2.24, 2.45) is 0 Å². The molecule has 2 aromatic rings. The molecule has 0 unspecified atom stereocenters. The molecule has 5 rings (SSSR count). The molecule has 236 valence electrons. The average molecular weight is 611 g/mol. The van der Waals surface area contributed by atoms with Crippen LogP contribution in [0.4, 0.5) is 0 Å². The molecule has 15 heteroatoms. The van der Waals surface area contributed by atoms with Gasteiger partial charge in [-0.3, -0.25) is 4.79 Å². The van der Waals surface area contributed by atoms with Crippen LogP contribution in [0.1, 0.15) is 35.4 Å². The van der Waals surface area contributed by atoms with Crippen molar-refractivity contribution in [3.8, 4) is 28.7 Å². The van der Waals surface area contributed by atoms with Gasteiger partial charge >= 0.3 is 0 Å². The van der Waals surface area contributed by atoms with E-state index < -0.39 is 85.7 Å². The van der Waals surface area contributed by atoms with Gasteiger partial charge in [0, 0.05) is 12.1 Å². The molecule has 43 heavy (non-hydrogen) atoms. The summed E-state index contributed by atoms with van der Waals surface area (Å²) in [7, 11) is 1.39. The van der Waals surface area contributed by atoms with Crippen LogP contribution in [0.2, 0.25) is 0 Å². The molecular formula is C28H34O15. The van der Waals surface area contributed by atoms with Gasteiger partial charge in [-0.25, -0.2) is 0 Å². The van der Waals surface area contributed by atoms with Crippen LogP contribution in [0.3, 0.4) is 0 Å². The van der Waals surface area contributed by atoms with Crippen molar-refractivity contribution >= 4 is 5.78 Å². The predicted molar refractivity (Wildman–Crippen MR) is 141 cm³/mol. The van der Waals surface area contributed by atoms with E-state index in [4.69, 9.17) is 28.4 Å². The Morgan fingerprint density at radius 2 is 1.63 bits per heavy atom. The molecular weight excluding hydrogens is 576 g/mol. The van der Waals surface area contributed by atoms with E-state index in [1.54, 1.807) is 6.07 Å². The molecule has 0 aliphatic carbocycles. The number of carbonyl (C=O) groups is 1. The topological polar surface area (TPSA) is 234 Å². The molecule has 0 aromatic heterocycles. The molecule has 0 spiro atoms. The van der Waals surface area contributed by atoms with Gasteiger partial charge in [0.15, 0.2) is 29.7 Å². The lowest BCUT2D eigenvalue weighted by molar-refractivity contribution is -0.354. The van der Waals surface area contributed by atoms with Gasteiger partial charge in [0.1, 0.15) is 65.5 Å². The zero-order valence-electron chi connectivity index (χ0n) is 23.1. The summed E-state index contributed by atoms with van der Waals surface area (Å²) in [6, 6.07) is 6.89. The number of hydrogen-bond acceptors (Lipinski definition) is 15. The number of rotatable bonds is 7. The molecule has 2 saturated heterocycles. The number of phenols is 2. The van der Waals surface area contributed by atoms with E-state index in [-0.39, 0.29) is 35.0 Å². The Kier molecular flexibility index (Phi) is 8.99. The highest BCUT2D eigenvalue weighted by Gasteiger charge is 2.51. The van der Waals surface area contributed by atoms with E-state index in [0.717, 1.165) is 6.07 Å². The van der Waals surface area contributed by atoms with Crippen molar-refractivity contribution in [3.63, 3.8) is 0 Å². The first-order valence-corrected chi connectivity index (χ1v) is 13.5. The van der Waals surface area contributed by atoms with Gasteiger partial charge in [0.05, 0.1) is 26.2 Å². The normalized spacial score (nSPS) is 36.0. The number of aliphatic hydroxyl groups excluding tert-OH is 6. The lowest BCUT2D eigenvalue weighted by Crippen LogP contribution is -2.64. The summed E-state index contributed by atoms with van der Waals surface area (Å²) in [5, 5.41) is 82.4. The summed E-state index contributed by atoms with van der Waals surface area (Å²) >= 11 is 0. The first kappa shape index (κ1) is 31.2. The SMILES string of the molecule is COc1ccc([C@@H]2CC(=O)c3c(O)cc(O[C@@H]4O[C@@H](CO)[C@@H](O)[C@@H](O)[C@H]4O[C@@H]4O[C@@H](C)[C@H](O)[C@H](O)[C@H]4O)cc3O2)cc1O. The second-order valence-corrected chi connectivity index (χ2v) is 10.6. The molecule has 0 amide bonds. The number of aromatic hydroxyl groups is 2. The second-order valence-electron chi connectivity index (χ2n) is 10.6. The third-order valence-corrected chi connectivity index (χ3v) is 7.72. The molecule has 2 aromatic carbocycles. The highest BCUT2D eigenvalue weighted by atomic mass is 16.8. The number of Topliss-reactive ketones (excluding diaryl/α,β-unsaturated/α-hetero) is 1. The molecule has 3 heterocycles. The molecule has 2 fully saturated rings. The number of benzene rings is 2. The first-order valence-electron chi connectivity index (χ1n) is 13.5. The fourth-order valence-corrected chi connectivity index (χ4v) is 5.29. The van der Waals surface area contributed by atoms with Crippen molar-refractivity contribution in [2.75, 3.05) is 13.7 Å². The van der Waals surface area contributed by atoms with Crippen LogP contribution >= 0.6 is 0 Å². The summed E-state index contributed by atoms with van der Waals surface area (Å²) < 4.78 is 33.7. The molecule has 0 radical (unpaired) electrons. The van der Waals surface area contributed by atoms with Crippen LogP contribution in [0.5, 0.6) is 28.7 Å². The maximum atomic E-state index is 13.0. The van der Waals surface area contributed by atoms with E-state index >= 15 is 0 Å². The Morgan fingerprint density at radius 3 is 2.30 bits per heavy atom. The largest absolute Gasteiger partial charge is 0.507 e. The van der Waals surface area contributed by atoms with Gasteiger partial charge in [-0.05, 0) is 24.6 Å². The van der Waals surface area contributed by atoms with E-state index in [2.05, 4.69) is 0 Å². The lowest BCUT2D eigenvalue weighted by Gasteiger charge is -2.45. The summed E-state index contributed by atoms with van der Waals surface area (Å²) in [6.07, 6.45) is -16.3. The fraction of sp³-hybridized carbons (Fsp3) is 0.536. The standard InChI is InChI=1S/C28H34O15/c1-10-21(33)23(35)25(37)27(39-10)43-26-24(36)22(34)19(9-29)42-28(26)40-12-6-14(31)20-15(32)8-17(41-18(20)7-12)11-3-4-16(38-2)13(30)5-11/h3-7,10,17,19,21-31,33-37H,8-9H2,1-2H3/t10-,17-,19-,21-,22+,23-,24+,25+,26+,27-,28+/m0/s1. The van der Waals surface area contributed by atoms with Crippen LogP contribution in [-0.2, 0) is 14.2 Å². The Labute approximate surface area is 245 Å². The first-order chi connectivity index (χ1) is 20.4. The number of phenolic OH excluding ortho intramolecular Hbond substituents is 2. The third kappa shape index (κ3) is 5.95. The number of ether oxygens (including phenoxy) is 6. The summed E-state index contributed by atoms with van der Waals surface area (Å²) in [5.74, 6) is -1.06. The molecule has 15 nitrogen and oxygen atoms in total. The second kappa shape index (κ2) is 12.4. The van der Waals surface area contributed by atoms with Crippen LogP contribution in [0.25, 0.3) is 0 Å². The number of ketones is 1. The third-order valence-electron chi connectivity index (χ3n) is 7.72. The summed E-state index contributed by atoms with van der Waals surface area (Å²) in [4.78, 5) is 13.0. The number of aliphatic hydroxyl groups is 6. The molecule has 11 atom stereocenters. The van der Waals surface area contributed by atoms with Crippen LogP contribution in [0.15, 0.2) is 30.3 Å². The van der Waals surface area contributed by atoms with Crippen molar-refractivity contribution in [1.82, 2.24) is 0 Å². The van der Waals surface area contributed by atoms with Crippen molar-refractivity contribution in [1.29, 1.82) is 0 Å². The van der Waals surface area contributed by atoms with E-state index in [0.29, 0.717) is 5.56 Å². The van der Waals surface area contributed by atoms with Gasteiger partial charge in [-0.1, -0.05) is 6.07 Å². The number of hydrogen-bond donors (Lipinski definition) is 8. The van der Waals surface area contributed by atoms with Crippen LogP contribution in [-0.4, -0.2) is 122 Å². The van der Waals surface area contributed by atoms with Gasteiger partial charge in [0.2, 0.25) is 6.29 Å². The minimum Gasteiger partial charge on any atom is -0.507 e. The summed E-state index contributed by atoms with van der Waals surface area (Å²) in [6.45, 7) is 0.699. The smallest absolute Gasteiger partial charge is 0.229 e. The number of fused-ring (bicyclic) bond motifs is 1. The lowest BCUT2D eigenvalue weighted by atomic mass is 9.95. The average Bonchev–Trinajstić information content (AvgIpc) is 2.97. The van der Waals surface area contributed by atoms with E-state index in [9.17, 15) is 45.6 Å². The molecule has 0 saturated carbocycles.